The van der Waals surface area contributed by atoms with E-state index in [0.29, 0.717) is 38.1 Å². The molecule has 0 radical (unpaired) electrons. The molecule has 5 aliphatic rings. The molecule has 5 fully saturated rings. The van der Waals surface area contributed by atoms with Gasteiger partial charge in [-0.2, -0.15) is 26.3 Å². The highest BCUT2D eigenvalue weighted by Crippen LogP contribution is 2.49. The van der Waals surface area contributed by atoms with Crippen LogP contribution in [-0.4, -0.2) is 60.2 Å². The molecule has 1 amide bonds. The van der Waals surface area contributed by atoms with Crippen LogP contribution < -0.4 is 10.2 Å². The molecule has 12 heteroatoms. The number of likely N-dealkylation sites (tertiary alicyclic amines) is 1. The zero-order valence-corrected chi connectivity index (χ0v) is 19.5. The summed E-state index contributed by atoms with van der Waals surface area (Å²) in [6, 6.07) is 1.42. The fourth-order valence-corrected chi connectivity index (χ4v) is 7.41. The molecule has 2 aromatic rings. The predicted octanol–water partition coefficient (Wildman–Crippen LogP) is 4.60. The van der Waals surface area contributed by atoms with E-state index in [1.807, 2.05) is 0 Å². The molecule has 0 aromatic carbocycles. The molecule has 1 saturated carbocycles. The zero-order chi connectivity index (χ0) is 24.8. The van der Waals surface area contributed by atoms with E-state index in [-0.39, 0.29) is 38.1 Å². The van der Waals surface area contributed by atoms with E-state index in [1.165, 1.54) is 6.07 Å². The third kappa shape index (κ3) is 4.06. The number of piperidine rings is 2. The number of aromatic nitrogens is 1. The molecule has 2 aromatic heterocycles. The first kappa shape index (κ1) is 23.3. The van der Waals surface area contributed by atoms with E-state index < -0.39 is 24.3 Å². The maximum Gasteiger partial charge on any atom is 0.419 e. The van der Waals surface area contributed by atoms with E-state index in [2.05, 4.69) is 10.3 Å². The van der Waals surface area contributed by atoms with Gasteiger partial charge in [0, 0.05) is 54.1 Å². The summed E-state index contributed by atoms with van der Waals surface area (Å²) in [5.41, 5.74) is -1.31. The second-order valence-electron chi connectivity index (χ2n) is 10.5. The van der Waals surface area contributed by atoms with Gasteiger partial charge in [0.2, 0.25) is 5.91 Å². The Hall–Kier alpha value is -2.08. The quantitative estimate of drug-likeness (QED) is 0.604. The van der Waals surface area contributed by atoms with Crippen LogP contribution in [0.25, 0.3) is 10.2 Å². The van der Waals surface area contributed by atoms with Crippen molar-refractivity contribution in [1.82, 2.24) is 15.2 Å². The van der Waals surface area contributed by atoms with Gasteiger partial charge in [-0.1, -0.05) is 0 Å². The highest BCUT2D eigenvalue weighted by molar-refractivity contribution is 7.18. The fraction of sp³-hybridized carbons (Fsp3) is 0.652. The number of alkyl halides is 6. The van der Waals surface area contributed by atoms with Crippen molar-refractivity contribution in [3.63, 3.8) is 0 Å². The molecule has 0 unspecified atom stereocenters. The lowest BCUT2D eigenvalue weighted by atomic mass is 9.70. The van der Waals surface area contributed by atoms with Crippen molar-refractivity contribution in [2.45, 2.75) is 56.5 Å². The molecule has 6 heterocycles. The molecule has 35 heavy (non-hydrogen) atoms. The molecule has 1 spiro atoms. The fourth-order valence-electron chi connectivity index (χ4n) is 6.38. The molecule has 2 bridgehead atoms. The standard InChI is InChI=1S/C23H24F6N4OS/c24-22(25,26)6-14-5-15-18(16(23(27,28)29)7-30-19(15)35-14)32-8-21(9-32)10-33(11-21)20(34)17-12-1-3-13(31-17)4-2-12/h5,7,12-13,17,31H,1-4,6,8-11H2/t12?,13?,17-/m0/s1. The van der Waals surface area contributed by atoms with Crippen molar-refractivity contribution in [1.29, 1.82) is 0 Å². The monoisotopic (exact) mass is 518 g/mol. The Labute approximate surface area is 201 Å². The molecule has 1 aliphatic carbocycles. The molecule has 7 rings (SSSR count). The van der Waals surface area contributed by atoms with Crippen molar-refractivity contribution < 1.29 is 31.1 Å². The number of carbonyl (C=O) groups is 1. The van der Waals surface area contributed by atoms with Gasteiger partial charge < -0.3 is 15.1 Å². The predicted molar refractivity (Wildman–Crippen MR) is 118 cm³/mol. The number of amides is 1. The van der Waals surface area contributed by atoms with Crippen LogP contribution in [0.5, 0.6) is 0 Å². The van der Waals surface area contributed by atoms with Gasteiger partial charge >= 0.3 is 12.4 Å². The second-order valence-corrected chi connectivity index (χ2v) is 11.7. The molecule has 1 N–H and O–H groups in total. The number of hydrogen-bond donors (Lipinski definition) is 1. The number of rotatable bonds is 3. The van der Waals surface area contributed by atoms with Gasteiger partial charge in [-0.15, -0.1) is 11.3 Å². The number of pyridine rings is 1. The maximum absolute atomic E-state index is 13.8. The highest BCUT2D eigenvalue weighted by Gasteiger charge is 2.56. The Bertz CT molecular complexity index is 1160. The van der Waals surface area contributed by atoms with Crippen LogP contribution in [0.2, 0.25) is 0 Å². The first-order valence-electron chi connectivity index (χ1n) is 11.8. The maximum atomic E-state index is 13.8. The summed E-state index contributed by atoms with van der Waals surface area (Å²) in [6.07, 6.45) is -5.32. The summed E-state index contributed by atoms with van der Waals surface area (Å²) in [6.45, 7) is 1.65. The number of nitrogens with zero attached hydrogens (tertiary/aromatic N) is 3. The van der Waals surface area contributed by atoms with Crippen LogP contribution in [0.15, 0.2) is 12.3 Å². The molecule has 190 valence electrons. The van der Waals surface area contributed by atoms with E-state index in [0.717, 1.165) is 43.2 Å². The summed E-state index contributed by atoms with van der Waals surface area (Å²) < 4.78 is 80.0. The Morgan fingerprint density at radius 3 is 2.34 bits per heavy atom. The summed E-state index contributed by atoms with van der Waals surface area (Å²) in [5.74, 6) is 0.436. The third-order valence-electron chi connectivity index (χ3n) is 7.92. The average Bonchev–Trinajstić information content (AvgIpc) is 3.12. The van der Waals surface area contributed by atoms with Gasteiger partial charge in [0.15, 0.2) is 0 Å². The minimum atomic E-state index is -4.68. The SMILES string of the molecule is O=C([C@H]1NC2CCC1CC2)N1CC2(C1)CN(c1c(C(F)(F)F)cnc3sc(CC(F)(F)F)cc13)C2. The number of halogens is 6. The second kappa shape index (κ2) is 7.71. The van der Waals surface area contributed by atoms with Crippen LogP contribution in [0.1, 0.15) is 36.1 Å². The van der Waals surface area contributed by atoms with E-state index in [1.54, 1.807) is 9.80 Å². The Kier molecular flexibility index (Phi) is 5.14. The van der Waals surface area contributed by atoms with Crippen molar-refractivity contribution in [2.75, 3.05) is 31.1 Å². The van der Waals surface area contributed by atoms with Crippen LogP contribution >= 0.6 is 11.3 Å². The van der Waals surface area contributed by atoms with Gasteiger partial charge in [-0.3, -0.25) is 4.79 Å². The molecule has 4 aliphatic heterocycles. The van der Waals surface area contributed by atoms with Gasteiger partial charge in [0.25, 0.3) is 0 Å². The number of nitrogens with one attached hydrogen (secondary N) is 1. The van der Waals surface area contributed by atoms with Gasteiger partial charge in [-0.25, -0.2) is 4.98 Å². The number of fused-ring (bicyclic) bond motifs is 4. The third-order valence-corrected chi connectivity index (χ3v) is 8.97. The Morgan fingerprint density at radius 1 is 1.09 bits per heavy atom. The molecular weight excluding hydrogens is 494 g/mol. The van der Waals surface area contributed by atoms with Crippen molar-refractivity contribution in [3.8, 4) is 0 Å². The summed E-state index contributed by atoms with van der Waals surface area (Å²) in [4.78, 5) is 20.3. The first-order chi connectivity index (χ1) is 16.4. The van der Waals surface area contributed by atoms with Crippen LogP contribution in [0.4, 0.5) is 32.0 Å². The zero-order valence-electron chi connectivity index (χ0n) is 18.7. The minimum absolute atomic E-state index is 0.0643. The summed E-state index contributed by atoms with van der Waals surface area (Å²) >= 11 is 0.770. The number of carbonyl (C=O) groups excluding carboxylic acids is 1. The van der Waals surface area contributed by atoms with Gasteiger partial charge in [0.05, 0.1) is 23.7 Å². The van der Waals surface area contributed by atoms with Crippen LogP contribution in [0.3, 0.4) is 0 Å². The van der Waals surface area contributed by atoms with Crippen molar-refractivity contribution in [3.05, 3.63) is 22.7 Å². The average molecular weight is 519 g/mol. The van der Waals surface area contributed by atoms with Gasteiger partial charge in [-0.05, 0) is 37.7 Å². The minimum Gasteiger partial charge on any atom is -0.369 e. The van der Waals surface area contributed by atoms with Crippen LogP contribution in [-0.2, 0) is 17.4 Å². The smallest absolute Gasteiger partial charge is 0.369 e. The van der Waals surface area contributed by atoms with Crippen molar-refractivity contribution in [2.24, 2.45) is 11.3 Å². The Balaban J connectivity index is 1.19. The van der Waals surface area contributed by atoms with Gasteiger partial charge in [0.1, 0.15) is 4.83 Å². The first-order valence-corrected chi connectivity index (χ1v) is 12.6. The van der Waals surface area contributed by atoms with E-state index in [4.69, 9.17) is 0 Å². The lowest BCUT2D eigenvalue weighted by Crippen LogP contribution is -2.75. The number of hydrogen-bond acceptors (Lipinski definition) is 5. The van der Waals surface area contributed by atoms with Crippen molar-refractivity contribution >= 4 is 33.1 Å². The molecule has 4 saturated heterocycles. The summed E-state index contributed by atoms with van der Waals surface area (Å²) in [5, 5.41) is 3.56. The molecular formula is C23H24F6N4OS. The largest absolute Gasteiger partial charge is 0.419 e. The summed E-state index contributed by atoms with van der Waals surface area (Å²) in [7, 11) is 0. The normalized spacial score (nSPS) is 27.9. The molecule has 5 nitrogen and oxygen atoms in total. The van der Waals surface area contributed by atoms with E-state index in [9.17, 15) is 31.1 Å². The lowest BCUT2D eigenvalue weighted by molar-refractivity contribution is -0.151. The number of anilines is 1. The topological polar surface area (TPSA) is 48.5 Å². The lowest BCUT2D eigenvalue weighted by Gasteiger charge is -2.62. The van der Waals surface area contributed by atoms with E-state index >= 15 is 0 Å². The highest BCUT2D eigenvalue weighted by atomic mass is 32.1. The Morgan fingerprint density at radius 2 is 1.77 bits per heavy atom. The van der Waals surface area contributed by atoms with Crippen LogP contribution in [0, 0.1) is 11.3 Å². The number of thiophene rings is 1. The molecule has 1 atom stereocenters.